The van der Waals surface area contributed by atoms with Crippen molar-refractivity contribution < 1.29 is 4.79 Å². The van der Waals surface area contributed by atoms with Crippen LogP contribution in [0.1, 0.15) is 10.4 Å². The number of amides is 1. The van der Waals surface area contributed by atoms with E-state index >= 15 is 0 Å². The van der Waals surface area contributed by atoms with Crippen LogP contribution in [-0.4, -0.2) is 30.0 Å². The maximum absolute atomic E-state index is 12.0. The number of H-pyrrole nitrogens is 1. The van der Waals surface area contributed by atoms with Crippen molar-refractivity contribution in [1.82, 2.24) is 9.97 Å². The van der Waals surface area contributed by atoms with Gasteiger partial charge in [0.2, 0.25) is 5.43 Å². The Morgan fingerprint density at radius 2 is 2.10 bits per heavy atom. The Kier molecular flexibility index (Phi) is 4.19. The Balaban J connectivity index is 2.20. The van der Waals surface area contributed by atoms with Gasteiger partial charge >= 0.3 is 0 Å². The maximum Gasteiger partial charge on any atom is 0.257 e. The number of pyridine rings is 2. The third kappa shape index (κ3) is 3.05. The van der Waals surface area contributed by atoms with Gasteiger partial charge in [-0.15, -0.1) is 0 Å². The second kappa shape index (κ2) is 5.87. The summed E-state index contributed by atoms with van der Waals surface area (Å²) in [6, 6.07) is 3.39. The molecule has 0 aromatic carbocycles. The van der Waals surface area contributed by atoms with E-state index in [1.54, 1.807) is 12.1 Å². The van der Waals surface area contributed by atoms with E-state index in [2.05, 4.69) is 31.2 Å². The number of halogens is 1. The first-order chi connectivity index (χ1) is 9.49. The highest BCUT2D eigenvalue weighted by molar-refractivity contribution is 9.10. The number of nitrogens with zero attached hydrogens (tertiary/aromatic N) is 2. The molecule has 104 valence electrons. The summed E-state index contributed by atoms with van der Waals surface area (Å²) in [5.74, 6) is 0.369. The molecule has 0 bridgehead atoms. The quantitative estimate of drug-likeness (QED) is 0.896. The van der Waals surface area contributed by atoms with Gasteiger partial charge in [-0.25, -0.2) is 4.98 Å². The van der Waals surface area contributed by atoms with Gasteiger partial charge in [-0.05, 0) is 28.1 Å². The van der Waals surface area contributed by atoms with E-state index in [9.17, 15) is 9.59 Å². The number of hydrogen-bond acceptors (Lipinski definition) is 4. The van der Waals surface area contributed by atoms with Crippen molar-refractivity contribution in [2.45, 2.75) is 0 Å². The van der Waals surface area contributed by atoms with Gasteiger partial charge in [0.25, 0.3) is 5.91 Å². The van der Waals surface area contributed by atoms with E-state index in [4.69, 9.17) is 0 Å². The molecule has 0 unspecified atom stereocenters. The molecular weight excluding hydrogens is 324 g/mol. The van der Waals surface area contributed by atoms with Crippen molar-refractivity contribution >= 4 is 33.3 Å². The Labute approximate surface area is 124 Å². The molecule has 0 spiro atoms. The van der Waals surface area contributed by atoms with Crippen LogP contribution in [-0.2, 0) is 0 Å². The van der Waals surface area contributed by atoms with Crippen LogP contribution in [0.15, 0.2) is 40.0 Å². The Hall–Kier alpha value is -2.15. The number of hydrogen-bond donors (Lipinski definition) is 2. The van der Waals surface area contributed by atoms with Gasteiger partial charge in [0, 0.05) is 32.7 Å². The SMILES string of the molecule is CN(C)c1ccc(C(=O)Nc2c[nH]cc(Br)c2=O)cn1. The summed E-state index contributed by atoms with van der Waals surface area (Å²) >= 11 is 3.10. The van der Waals surface area contributed by atoms with Crippen molar-refractivity contribution in [1.29, 1.82) is 0 Å². The third-order valence-electron chi connectivity index (χ3n) is 2.62. The van der Waals surface area contributed by atoms with Crippen molar-refractivity contribution in [3.63, 3.8) is 0 Å². The number of aromatic nitrogens is 2. The number of carbonyl (C=O) groups is 1. The summed E-state index contributed by atoms with van der Waals surface area (Å²) in [4.78, 5) is 32.6. The molecule has 0 aliphatic heterocycles. The molecule has 6 nitrogen and oxygen atoms in total. The van der Waals surface area contributed by atoms with E-state index in [-0.39, 0.29) is 17.0 Å². The molecule has 2 aromatic heterocycles. The predicted molar refractivity (Wildman–Crippen MR) is 81.3 cm³/mol. The number of rotatable bonds is 3. The van der Waals surface area contributed by atoms with Crippen LogP contribution in [0.3, 0.4) is 0 Å². The lowest BCUT2D eigenvalue weighted by atomic mass is 10.2. The smallest absolute Gasteiger partial charge is 0.257 e. The fourth-order valence-electron chi connectivity index (χ4n) is 1.53. The summed E-state index contributed by atoms with van der Waals surface area (Å²) in [6.07, 6.45) is 4.41. The Morgan fingerprint density at radius 3 is 2.70 bits per heavy atom. The minimum absolute atomic E-state index is 0.182. The summed E-state index contributed by atoms with van der Waals surface area (Å²) in [5.41, 5.74) is 0.283. The van der Waals surface area contributed by atoms with Crippen LogP contribution < -0.4 is 15.6 Å². The molecule has 2 rings (SSSR count). The normalized spacial score (nSPS) is 10.2. The van der Waals surface area contributed by atoms with E-state index in [0.29, 0.717) is 10.0 Å². The van der Waals surface area contributed by atoms with Crippen LogP contribution in [0, 0.1) is 0 Å². The highest BCUT2D eigenvalue weighted by Crippen LogP contribution is 2.10. The zero-order valence-corrected chi connectivity index (χ0v) is 12.6. The van der Waals surface area contributed by atoms with Crippen LogP contribution in [0.2, 0.25) is 0 Å². The van der Waals surface area contributed by atoms with Gasteiger partial charge in [0.15, 0.2) is 0 Å². The molecule has 2 N–H and O–H groups in total. The fraction of sp³-hybridized carbons (Fsp3) is 0.154. The molecule has 0 saturated carbocycles. The lowest BCUT2D eigenvalue weighted by molar-refractivity contribution is 0.102. The largest absolute Gasteiger partial charge is 0.365 e. The molecule has 1 amide bonds. The number of aromatic amines is 1. The molecule has 0 aliphatic carbocycles. The van der Waals surface area contributed by atoms with Gasteiger partial charge < -0.3 is 15.2 Å². The molecule has 0 atom stereocenters. The molecule has 7 heteroatoms. The van der Waals surface area contributed by atoms with E-state index < -0.39 is 0 Å². The van der Waals surface area contributed by atoms with Crippen LogP contribution >= 0.6 is 15.9 Å². The number of anilines is 2. The number of nitrogens with one attached hydrogen (secondary N) is 2. The van der Waals surface area contributed by atoms with Gasteiger partial charge in [-0.3, -0.25) is 9.59 Å². The summed E-state index contributed by atoms with van der Waals surface area (Å²) < 4.78 is 0.358. The number of carbonyl (C=O) groups excluding carboxylic acids is 1. The van der Waals surface area contributed by atoms with Crippen LogP contribution in [0.4, 0.5) is 11.5 Å². The second-order valence-corrected chi connectivity index (χ2v) is 5.15. The van der Waals surface area contributed by atoms with Gasteiger partial charge in [-0.1, -0.05) is 0 Å². The first kappa shape index (κ1) is 14.3. The molecule has 0 saturated heterocycles. The maximum atomic E-state index is 12.0. The summed E-state index contributed by atoms with van der Waals surface area (Å²) in [5, 5.41) is 2.55. The minimum Gasteiger partial charge on any atom is -0.365 e. The Bertz CT molecular complexity index is 680. The Morgan fingerprint density at radius 1 is 1.35 bits per heavy atom. The van der Waals surface area contributed by atoms with Gasteiger partial charge in [0.05, 0.1) is 10.0 Å². The van der Waals surface area contributed by atoms with Crippen molar-refractivity contribution in [3.05, 3.63) is 51.0 Å². The van der Waals surface area contributed by atoms with E-state index in [0.717, 1.165) is 5.82 Å². The lowest BCUT2D eigenvalue weighted by Crippen LogP contribution is -2.19. The highest BCUT2D eigenvalue weighted by atomic mass is 79.9. The minimum atomic E-state index is -0.383. The van der Waals surface area contributed by atoms with E-state index in [1.165, 1.54) is 18.6 Å². The van der Waals surface area contributed by atoms with Crippen LogP contribution in [0.5, 0.6) is 0 Å². The average Bonchev–Trinajstić information content (AvgIpc) is 2.44. The first-order valence-corrected chi connectivity index (χ1v) is 6.59. The van der Waals surface area contributed by atoms with Crippen molar-refractivity contribution in [2.24, 2.45) is 0 Å². The summed E-state index contributed by atoms with van der Waals surface area (Å²) in [7, 11) is 3.73. The third-order valence-corrected chi connectivity index (χ3v) is 3.20. The molecule has 2 aromatic rings. The second-order valence-electron chi connectivity index (χ2n) is 4.30. The lowest BCUT2D eigenvalue weighted by Gasteiger charge is -2.11. The van der Waals surface area contributed by atoms with E-state index in [1.807, 2.05) is 19.0 Å². The standard InChI is InChI=1S/C13H13BrN4O2/c1-18(2)11-4-3-8(5-16-11)13(20)17-10-7-15-6-9(14)12(10)19/h3-7H,1-2H3,(H,15,19)(H,17,20). The molecule has 0 radical (unpaired) electrons. The molecule has 20 heavy (non-hydrogen) atoms. The van der Waals surface area contributed by atoms with Crippen LogP contribution in [0.25, 0.3) is 0 Å². The topological polar surface area (TPSA) is 78.1 Å². The zero-order chi connectivity index (χ0) is 14.7. The monoisotopic (exact) mass is 336 g/mol. The molecule has 2 heterocycles. The highest BCUT2D eigenvalue weighted by Gasteiger charge is 2.10. The molecule has 0 aliphatic rings. The van der Waals surface area contributed by atoms with Gasteiger partial charge in [-0.2, -0.15) is 0 Å². The van der Waals surface area contributed by atoms with Crippen molar-refractivity contribution in [3.8, 4) is 0 Å². The predicted octanol–water partition coefficient (Wildman–Crippen LogP) is 1.85. The molecular formula is C13H13BrN4O2. The van der Waals surface area contributed by atoms with Gasteiger partial charge in [0.1, 0.15) is 11.5 Å². The van der Waals surface area contributed by atoms with Crippen molar-refractivity contribution in [2.75, 3.05) is 24.3 Å². The summed E-state index contributed by atoms with van der Waals surface area (Å²) in [6.45, 7) is 0. The first-order valence-electron chi connectivity index (χ1n) is 5.80. The molecule has 0 fully saturated rings. The average molecular weight is 337 g/mol. The zero-order valence-electron chi connectivity index (χ0n) is 11.0. The fourth-order valence-corrected chi connectivity index (χ4v) is 1.88.